The van der Waals surface area contributed by atoms with E-state index in [0.29, 0.717) is 22.4 Å². The Labute approximate surface area is 200 Å². The summed E-state index contributed by atoms with van der Waals surface area (Å²) in [7, 11) is 3.45. The number of fused-ring (bicyclic) bond motifs is 1. The molecule has 1 fully saturated rings. The number of para-hydroxylation sites is 1. The van der Waals surface area contributed by atoms with Crippen molar-refractivity contribution in [1.29, 1.82) is 0 Å². The number of carbonyl (C=O) groups excluding carboxylic acids is 2. The van der Waals surface area contributed by atoms with Gasteiger partial charge in [-0.25, -0.2) is 4.79 Å². The van der Waals surface area contributed by atoms with Gasteiger partial charge in [0.25, 0.3) is 0 Å². The molecule has 0 saturated carbocycles. The molecular weight excluding hydrogens is 432 g/mol. The van der Waals surface area contributed by atoms with Gasteiger partial charge in [-0.3, -0.25) is 9.69 Å². The highest BCUT2D eigenvalue weighted by Gasteiger charge is 2.26. The number of rotatable bonds is 7. The Morgan fingerprint density at radius 3 is 2.38 bits per heavy atom. The van der Waals surface area contributed by atoms with E-state index in [9.17, 15) is 9.59 Å². The van der Waals surface area contributed by atoms with Gasteiger partial charge in [-0.1, -0.05) is 18.2 Å². The van der Waals surface area contributed by atoms with Crippen LogP contribution in [0, 0.1) is 6.92 Å². The van der Waals surface area contributed by atoms with E-state index in [1.165, 1.54) is 5.69 Å². The predicted octanol–water partition coefficient (Wildman–Crippen LogP) is 3.43. The normalized spacial score (nSPS) is 14.3. The first kappa shape index (κ1) is 23.6. The lowest BCUT2D eigenvalue weighted by Gasteiger charge is -2.35. The number of nitrogens with zero attached hydrogens (tertiary/aromatic N) is 3. The Morgan fingerprint density at radius 1 is 1.03 bits per heavy atom. The maximum Gasteiger partial charge on any atom is 0.340 e. The zero-order valence-corrected chi connectivity index (χ0v) is 20.3. The molecule has 1 N–H and O–H groups in total. The second-order valence-corrected chi connectivity index (χ2v) is 8.42. The van der Waals surface area contributed by atoms with Crippen LogP contribution >= 0.6 is 0 Å². The minimum absolute atomic E-state index is 0.143. The van der Waals surface area contributed by atoms with E-state index in [1.54, 1.807) is 14.0 Å². The van der Waals surface area contributed by atoms with Gasteiger partial charge in [0.1, 0.15) is 5.75 Å². The number of nitrogens with one attached hydrogen (secondary N) is 1. The highest BCUT2D eigenvalue weighted by atomic mass is 16.5. The number of ether oxygens (including phenoxy) is 2. The topological polar surface area (TPSA) is 76.0 Å². The van der Waals surface area contributed by atoms with Gasteiger partial charge in [-0.2, -0.15) is 0 Å². The summed E-state index contributed by atoms with van der Waals surface area (Å²) in [6.07, 6.45) is 0. The van der Waals surface area contributed by atoms with Gasteiger partial charge in [0, 0.05) is 50.0 Å². The first-order valence-corrected chi connectivity index (χ1v) is 11.6. The van der Waals surface area contributed by atoms with E-state index in [4.69, 9.17) is 9.47 Å². The van der Waals surface area contributed by atoms with Crippen molar-refractivity contribution in [2.75, 3.05) is 56.7 Å². The molecular formula is C26H32N4O4. The Hall–Kier alpha value is -3.52. The molecule has 34 heavy (non-hydrogen) atoms. The van der Waals surface area contributed by atoms with E-state index in [-0.39, 0.29) is 19.1 Å². The number of hydrogen-bond donors (Lipinski definition) is 1. The molecule has 8 heteroatoms. The lowest BCUT2D eigenvalue weighted by molar-refractivity contribution is -0.117. The SMILES string of the molecule is CCOC(=O)c1c(C)n(C)c2ccc(OC)c(NC(=O)CN3CCN(c4ccccc4)CC3)c12. The average molecular weight is 465 g/mol. The molecule has 1 aliphatic heterocycles. The second-order valence-electron chi connectivity index (χ2n) is 8.42. The highest BCUT2D eigenvalue weighted by Crippen LogP contribution is 2.38. The molecule has 2 aromatic carbocycles. The Bertz CT molecular complexity index is 1180. The quantitative estimate of drug-likeness (QED) is 0.540. The maximum absolute atomic E-state index is 13.1. The van der Waals surface area contributed by atoms with Gasteiger partial charge in [-0.05, 0) is 38.1 Å². The maximum atomic E-state index is 13.1. The van der Waals surface area contributed by atoms with Crippen molar-refractivity contribution >= 4 is 34.2 Å². The van der Waals surface area contributed by atoms with Crippen molar-refractivity contribution in [3.05, 3.63) is 53.7 Å². The summed E-state index contributed by atoms with van der Waals surface area (Å²) in [5.41, 5.74) is 3.75. The lowest BCUT2D eigenvalue weighted by Crippen LogP contribution is -2.48. The Balaban J connectivity index is 1.54. The molecule has 0 atom stereocenters. The molecule has 3 aromatic rings. The summed E-state index contributed by atoms with van der Waals surface area (Å²) in [4.78, 5) is 30.4. The number of anilines is 2. The van der Waals surface area contributed by atoms with E-state index in [0.717, 1.165) is 37.4 Å². The molecule has 0 bridgehead atoms. The van der Waals surface area contributed by atoms with Crippen LogP contribution in [0.4, 0.5) is 11.4 Å². The van der Waals surface area contributed by atoms with Crippen LogP contribution in [0.2, 0.25) is 0 Å². The van der Waals surface area contributed by atoms with Crippen LogP contribution < -0.4 is 15.0 Å². The third kappa shape index (κ3) is 4.59. The van der Waals surface area contributed by atoms with Gasteiger partial charge in [0.2, 0.25) is 5.91 Å². The molecule has 8 nitrogen and oxygen atoms in total. The van der Waals surface area contributed by atoms with E-state index in [2.05, 4.69) is 27.2 Å². The molecule has 4 rings (SSSR count). The lowest BCUT2D eigenvalue weighted by atomic mass is 10.1. The van der Waals surface area contributed by atoms with Crippen LogP contribution in [0.25, 0.3) is 10.9 Å². The summed E-state index contributed by atoms with van der Waals surface area (Å²) in [6.45, 7) is 7.50. The Morgan fingerprint density at radius 2 is 1.74 bits per heavy atom. The summed E-state index contributed by atoms with van der Waals surface area (Å²) in [5.74, 6) is -0.0486. The number of carbonyl (C=O) groups is 2. The van der Waals surface area contributed by atoms with E-state index < -0.39 is 5.97 Å². The molecule has 0 radical (unpaired) electrons. The zero-order valence-electron chi connectivity index (χ0n) is 20.3. The fraction of sp³-hybridized carbons (Fsp3) is 0.385. The molecule has 180 valence electrons. The number of hydrogen-bond acceptors (Lipinski definition) is 6. The standard InChI is InChI=1S/C26H32N4O4/c1-5-34-26(32)23-18(2)28(3)20-11-12-21(33-4)25(24(20)23)27-22(31)17-29-13-15-30(16-14-29)19-9-7-6-8-10-19/h6-12H,5,13-17H2,1-4H3,(H,27,31). The number of methoxy groups -OCH3 is 1. The molecule has 0 unspecified atom stereocenters. The average Bonchev–Trinajstić information content (AvgIpc) is 3.11. The number of esters is 1. The van der Waals surface area contributed by atoms with Crippen molar-refractivity contribution in [1.82, 2.24) is 9.47 Å². The van der Waals surface area contributed by atoms with Gasteiger partial charge >= 0.3 is 5.97 Å². The third-order valence-electron chi connectivity index (χ3n) is 6.45. The molecule has 1 aromatic heterocycles. The van der Waals surface area contributed by atoms with E-state index >= 15 is 0 Å². The summed E-state index contributed by atoms with van der Waals surface area (Å²) in [5, 5.41) is 3.67. The van der Waals surface area contributed by atoms with Crippen LogP contribution in [0.3, 0.4) is 0 Å². The number of aryl methyl sites for hydroxylation is 1. The fourth-order valence-corrected chi connectivity index (χ4v) is 4.57. The van der Waals surface area contributed by atoms with Crippen LogP contribution in [0.15, 0.2) is 42.5 Å². The van der Waals surface area contributed by atoms with Crippen LogP contribution in [0.1, 0.15) is 23.0 Å². The molecule has 0 aliphatic carbocycles. The van der Waals surface area contributed by atoms with Crippen LogP contribution in [0.5, 0.6) is 5.75 Å². The van der Waals surface area contributed by atoms with Crippen molar-refractivity contribution in [3.8, 4) is 5.75 Å². The molecule has 1 saturated heterocycles. The molecule has 1 aliphatic rings. The molecule has 2 heterocycles. The highest BCUT2D eigenvalue weighted by molar-refractivity contribution is 6.14. The third-order valence-corrected chi connectivity index (χ3v) is 6.45. The van der Waals surface area contributed by atoms with Gasteiger partial charge < -0.3 is 24.3 Å². The number of benzene rings is 2. The Kier molecular flexibility index (Phi) is 7.07. The van der Waals surface area contributed by atoms with Crippen molar-refractivity contribution in [2.45, 2.75) is 13.8 Å². The minimum Gasteiger partial charge on any atom is -0.495 e. The monoisotopic (exact) mass is 464 g/mol. The zero-order chi connectivity index (χ0) is 24.2. The number of amides is 1. The predicted molar refractivity (Wildman–Crippen MR) is 134 cm³/mol. The number of aromatic nitrogens is 1. The van der Waals surface area contributed by atoms with Gasteiger partial charge in [-0.15, -0.1) is 0 Å². The van der Waals surface area contributed by atoms with E-state index in [1.807, 2.05) is 48.9 Å². The largest absolute Gasteiger partial charge is 0.495 e. The first-order chi connectivity index (χ1) is 16.4. The van der Waals surface area contributed by atoms with Crippen molar-refractivity contribution < 1.29 is 19.1 Å². The molecule has 1 amide bonds. The second kappa shape index (κ2) is 10.2. The summed E-state index contributed by atoms with van der Waals surface area (Å²) < 4.78 is 12.8. The number of piperazine rings is 1. The van der Waals surface area contributed by atoms with Crippen molar-refractivity contribution in [2.24, 2.45) is 7.05 Å². The smallest absolute Gasteiger partial charge is 0.340 e. The van der Waals surface area contributed by atoms with Gasteiger partial charge in [0.15, 0.2) is 0 Å². The summed E-state index contributed by atoms with van der Waals surface area (Å²) >= 11 is 0. The van der Waals surface area contributed by atoms with Crippen LogP contribution in [-0.4, -0.2) is 67.8 Å². The molecule has 0 spiro atoms. The van der Waals surface area contributed by atoms with Crippen molar-refractivity contribution in [3.63, 3.8) is 0 Å². The summed E-state index contributed by atoms with van der Waals surface area (Å²) in [6, 6.07) is 14.0. The first-order valence-electron chi connectivity index (χ1n) is 11.6. The van der Waals surface area contributed by atoms with Gasteiger partial charge in [0.05, 0.1) is 37.0 Å². The van der Waals surface area contributed by atoms with Crippen LogP contribution in [-0.2, 0) is 16.6 Å². The fourth-order valence-electron chi connectivity index (χ4n) is 4.57. The minimum atomic E-state index is -0.411.